The SMILES string of the molecule is c1ccc(-c2ccccc2N2CCCCCC2)cc1. The first-order valence-corrected chi connectivity index (χ1v) is 7.34. The molecule has 19 heavy (non-hydrogen) atoms. The fourth-order valence-corrected chi connectivity index (χ4v) is 2.92. The molecule has 0 bridgehead atoms. The summed E-state index contributed by atoms with van der Waals surface area (Å²) < 4.78 is 0. The Morgan fingerprint density at radius 2 is 1.26 bits per heavy atom. The van der Waals surface area contributed by atoms with E-state index in [0.29, 0.717) is 0 Å². The van der Waals surface area contributed by atoms with Crippen LogP contribution in [0.1, 0.15) is 25.7 Å². The molecule has 0 spiro atoms. The molecule has 1 aliphatic rings. The van der Waals surface area contributed by atoms with E-state index in [2.05, 4.69) is 59.5 Å². The fraction of sp³-hybridized carbons (Fsp3) is 0.333. The van der Waals surface area contributed by atoms with E-state index in [9.17, 15) is 0 Å². The molecule has 0 saturated carbocycles. The van der Waals surface area contributed by atoms with E-state index in [1.165, 1.54) is 55.6 Å². The second-order valence-electron chi connectivity index (χ2n) is 5.28. The van der Waals surface area contributed by atoms with Crippen molar-refractivity contribution in [3.63, 3.8) is 0 Å². The maximum Gasteiger partial charge on any atom is 0.0445 e. The highest BCUT2D eigenvalue weighted by atomic mass is 15.1. The fourth-order valence-electron chi connectivity index (χ4n) is 2.92. The van der Waals surface area contributed by atoms with Gasteiger partial charge in [0.15, 0.2) is 0 Å². The molecular formula is C18H21N. The van der Waals surface area contributed by atoms with Crippen molar-refractivity contribution < 1.29 is 0 Å². The van der Waals surface area contributed by atoms with Crippen LogP contribution in [0.25, 0.3) is 11.1 Å². The van der Waals surface area contributed by atoms with Gasteiger partial charge in [-0.15, -0.1) is 0 Å². The van der Waals surface area contributed by atoms with Crippen LogP contribution in [0.5, 0.6) is 0 Å². The van der Waals surface area contributed by atoms with Gasteiger partial charge in [-0.25, -0.2) is 0 Å². The molecule has 2 aromatic carbocycles. The zero-order chi connectivity index (χ0) is 12.9. The van der Waals surface area contributed by atoms with Crippen molar-refractivity contribution in [2.75, 3.05) is 18.0 Å². The molecule has 0 aromatic heterocycles. The average molecular weight is 251 g/mol. The van der Waals surface area contributed by atoms with Gasteiger partial charge in [-0.2, -0.15) is 0 Å². The standard InChI is InChI=1S/C18H21N/c1-2-9-15-19(14-8-1)18-13-7-6-12-17(18)16-10-4-3-5-11-16/h3-7,10-13H,1-2,8-9,14-15H2. The third kappa shape index (κ3) is 2.81. The largest absolute Gasteiger partial charge is 0.371 e. The Balaban J connectivity index is 1.97. The number of nitrogens with zero attached hydrogens (tertiary/aromatic N) is 1. The Morgan fingerprint density at radius 1 is 0.632 bits per heavy atom. The lowest BCUT2D eigenvalue weighted by Gasteiger charge is -2.25. The maximum absolute atomic E-state index is 2.56. The van der Waals surface area contributed by atoms with Gasteiger partial charge in [-0.1, -0.05) is 61.4 Å². The maximum atomic E-state index is 2.56. The smallest absolute Gasteiger partial charge is 0.0445 e. The van der Waals surface area contributed by atoms with E-state index < -0.39 is 0 Å². The molecule has 0 atom stereocenters. The van der Waals surface area contributed by atoms with Crippen LogP contribution in [0, 0.1) is 0 Å². The van der Waals surface area contributed by atoms with Crippen LogP contribution in [-0.4, -0.2) is 13.1 Å². The molecule has 3 rings (SSSR count). The van der Waals surface area contributed by atoms with Crippen molar-refractivity contribution >= 4 is 5.69 Å². The van der Waals surface area contributed by atoms with Crippen LogP contribution in [0.3, 0.4) is 0 Å². The van der Waals surface area contributed by atoms with Crippen molar-refractivity contribution in [2.24, 2.45) is 0 Å². The molecule has 0 N–H and O–H groups in total. The van der Waals surface area contributed by atoms with Gasteiger partial charge in [0.1, 0.15) is 0 Å². The first-order valence-electron chi connectivity index (χ1n) is 7.34. The molecule has 1 heterocycles. The van der Waals surface area contributed by atoms with E-state index in [0.717, 1.165) is 0 Å². The second kappa shape index (κ2) is 5.92. The quantitative estimate of drug-likeness (QED) is 0.745. The summed E-state index contributed by atoms with van der Waals surface area (Å²) in [7, 11) is 0. The minimum absolute atomic E-state index is 1.20. The first-order chi connectivity index (χ1) is 9.45. The summed E-state index contributed by atoms with van der Waals surface area (Å²) in [5.74, 6) is 0. The highest BCUT2D eigenvalue weighted by Crippen LogP contribution is 2.31. The number of rotatable bonds is 2. The predicted octanol–water partition coefficient (Wildman–Crippen LogP) is 4.73. The molecule has 0 amide bonds. The zero-order valence-electron chi connectivity index (χ0n) is 11.4. The Morgan fingerprint density at radius 3 is 2.00 bits per heavy atom. The molecule has 0 radical (unpaired) electrons. The van der Waals surface area contributed by atoms with Crippen LogP contribution in [0.4, 0.5) is 5.69 Å². The summed E-state index contributed by atoms with van der Waals surface area (Å²) in [5, 5.41) is 0. The Bertz CT molecular complexity index is 510. The average Bonchev–Trinajstić information content (AvgIpc) is 2.77. The molecule has 0 unspecified atom stereocenters. The predicted molar refractivity (Wildman–Crippen MR) is 82.6 cm³/mol. The van der Waals surface area contributed by atoms with E-state index in [-0.39, 0.29) is 0 Å². The topological polar surface area (TPSA) is 3.24 Å². The van der Waals surface area contributed by atoms with E-state index in [4.69, 9.17) is 0 Å². The Labute approximate surface area is 115 Å². The number of benzene rings is 2. The zero-order valence-corrected chi connectivity index (χ0v) is 11.4. The Kier molecular flexibility index (Phi) is 3.83. The molecule has 2 aromatic rings. The number of anilines is 1. The normalized spacial score (nSPS) is 16.1. The molecule has 1 fully saturated rings. The minimum Gasteiger partial charge on any atom is -0.371 e. The van der Waals surface area contributed by atoms with Crippen molar-refractivity contribution in [1.82, 2.24) is 0 Å². The van der Waals surface area contributed by atoms with E-state index in [1.807, 2.05) is 0 Å². The van der Waals surface area contributed by atoms with Crippen molar-refractivity contribution in [2.45, 2.75) is 25.7 Å². The lowest BCUT2D eigenvalue weighted by Crippen LogP contribution is -2.24. The summed E-state index contributed by atoms with van der Waals surface area (Å²) in [4.78, 5) is 2.56. The van der Waals surface area contributed by atoms with Crippen LogP contribution in [0.2, 0.25) is 0 Å². The van der Waals surface area contributed by atoms with Crippen LogP contribution < -0.4 is 4.90 Å². The van der Waals surface area contributed by atoms with Gasteiger partial charge in [0.2, 0.25) is 0 Å². The third-order valence-electron chi connectivity index (χ3n) is 3.94. The van der Waals surface area contributed by atoms with Crippen LogP contribution in [0.15, 0.2) is 54.6 Å². The van der Waals surface area contributed by atoms with Gasteiger partial charge < -0.3 is 4.90 Å². The molecule has 1 saturated heterocycles. The van der Waals surface area contributed by atoms with Crippen LogP contribution >= 0.6 is 0 Å². The van der Waals surface area contributed by atoms with E-state index >= 15 is 0 Å². The highest BCUT2D eigenvalue weighted by molar-refractivity contribution is 5.78. The Hall–Kier alpha value is -1.76. The summed E-state index contributed by atoms with van der Waals surface area (Å²) in [5.41, 5.74) is 4.09. The highest BCUT2D eigenvalue weighted by Gasteiger charge is 2.13. The van der Waals surface area contributed by atoms with Crippen LogP contribution in [-0.2, 0) is 0 Å². The summed E-state index contributed by atoms with van der Waals surface area (Å²) >= 11 is 0. The van der Waals surface area contributed by atoms with Gasteiger partial charge in [0, 0.05) is 24.3 Å². The first kappa shape index (κ1) is 12.3. The number of hydrogen-bond donors (Lipinski definition) is 0. The molecular weight excluding hydrogens is 230 g/mol. The molecule has 1 heteroatoms. The monoisotopic (exact) mass is 251 g/mol. The third-order valence-corrected chi connectivity index (χ3v) is 3.94. The van der Waals surface area contributed by atoms with Gasteiger partial charge >= 0.3 is 0 Å². The minimum atomic E-state index is 1.20. The summed E-state index contributed by atoms with van der Waals surface area (Å²) in [6, 6.07) is 19.5. The van der Waals surface area contributed by atoms with Gasteiger partial charge in [-0.3, -0.25) is 0 Å². The number of hydrogen-bond acceptors (Lipinski definition) is 1. The molecule has 1 nitrogen and oxygen atoms in total. The second-order valence-corrected chi connectivity index (χ2v) is 5.28. The molecule has 98 valence electrons. The van der Waals surface area contributed by atoms with Crippen molar-refractivity contribution in [3.8, 4) is 11.1 Å². The lowest BCUT2D eigenvalue weighted by atomic mass is 10.0. The van der Waals surface area contributed by atoms with Gasteiger partial charge in [-0.05, 0) is 24.5 Å². The summed E-state index contributed by atoms with van der Waals surface area (Å²) in [6.07, 6.45) is 5.40. The van der Waals surface area contributed by atoms with Gasteiger partial charge in [0.25, 0.3) is 0 Å². The molecule has 1 aliphatic heterocycles. The lowest BCUT2D eigenvalue weighted by molar-refractivity contribution is 0.726. The summed E-state index contributed by atoms with van der Waals surface area (Å²) in [6.45, 7) is 2.40. The van der Waals surface area contributed by atoms with Crippen molar-refractivity contribution in [3.05, 3.63) is 54.6 Å². The van der Waals surface area contributed by atoms with E-state index in [1.54, 1.807) is 0 Å². The van der Waals surface area contributed by atoms with Crippen molar-refractivity contribution in [1.29, 1.82) is 0 Å². The van der Waals surface area contributed by atoms with Gasteiger partial charge in [0.05, 0.1) is 0 Å². The molecule has 0 aliphatic carbocycles. The number of para-hydroxylation sites is 1.